The van der Waals surface area contributed by atoms with Crippen LogP contribution in [0.1, 0.15) is 393 Å². The molecule has 75 heavy (non-hydrogen) atoms. The Bertz CT molecular complexity index is 1130. The van der Waals surface area contributed by atoms with Gasteiger partial charge in [-0.2, -0.15) is 0 Å². The fraction of sp³-hybridized carbons (Fsp3) is 0.942. The Balaban J connectivity index is 3.40. The molecule has 0 saturated carbocycles. The summed E-state index contributed by atoms with van der Waals surface area (Å²) in [6.45, 7) is 4.98. The van der Waals surface area contributed by atoms with Crippen molar-refractivity contribution in [3.8, 4) is 0 Å². The third kappa shape index (κ3) is 61.7. The monoisotopic (exact) mass is 1060 g/mol. The van der Waals surface area contributed by atoms with Crippen LogP contribution in [0.4, 0.5) is 0 Å². The van der Waals surface area contributed by atoms with Crippen molar-refractivity contribution in [3.63, 3.8) is 0 Å². The van der Waals surface area contributed by atoms with Crippen LogP contribution in [0.15, 0.2) is 12.2 Å². The predicted molar refractivity (Wildman–Crippen MR) is 329 cm³/mol. The van der Waals surface area contributed by atoms with E-state index in [0.717, 1.165) is 44.9 Å². The Kier molecular flexibility index (Phi) is 63.9. The molecule has 0 saturated heterocycles. The topological polar surface area (TPSA) is 95.9 Å². The van der Waals surface area contributed by atoms with Gasteiger partial charge in [-0.15, -0.1) is 0 Å². The van der Waals surface area contributed by atoms with Crippen molar-refractivity contribution < 1.29 is 24.5 Å². The molecule has 0 aromatic rings. The van der Waals surface area contributed by atoms with Crippen molar-refractivity contribution in [1.82, 2.24) is 5.32 Å². The second kappa shape index (κ2) is 65.1. The lowest BCUT2D eigenvalue weighted by molar-refractivity contribution is -0.143. The summed E-state index contributed by atoms with van der Waals surface area (Å²) in [5, 5.41) is 23.4. The average molecular weight is 1060 g/mol. The number of aliphatic hydroxyl groups excluding tert-OH is 2. The number of esters is 1. The zero-order valence-corrected chi connectivity index (χ0v) is 51.1. The van der Waals surface area contributed by atoms with Gasteiger partial charge in [0.25, 0.3) is 0 Å². The van der Waals surface area contributed by atoms with E-state index >= 15 is 0 Å². The normalized spacial score (nSPS) is 12.5. The number of carbonyl (C=O) groups excluding carboxylic acids is 2. The number of ether oxygens (including phenoxy) is 1. The Morgan fingerprint density at radius 1 is 0.360 bits per heavy atom. The maximum atomic E-state index is 12.5. The minimum Gasteiger partial charge on any atom is -0.466 e. The molecule has 0 rings (SSSR count). The summed E-state index contributed by atoms with van der Waals surface area (Å²) in [7, 11) is 0. The molecule has 446 valence electrons. The summed E-state index contributed by atoms with van der Waals surface area (Å²) < 4.78 is 5.50. The number of allylic oxidation sites excluding steroid dienone is 2. The molecule has 0 fully saturated rings. The Morgan fingerprint density at radius 2 is 0.627 bits per heavy atom. The third-order valence-electron chi connectivity index (χ3n) is 16.3. The summed E-state index contributed by atoms with van der Waals surface area (Å²) in [4.78, 5) is 24.6. The maximum absolute atomic E-state index is 12.5. The average Bonchev–Trinajstić information content (AvgIpc) is 3.41. The van der Waals surface area contributed by atoms with E-state index in [-0.39, 0.29) is 18.5 Å². The molecule has 0 aliphatic heterocycles. The highest BCUT2D eigenvalue weighted by molar-refractivity contribution is 5.76. The van der Waals surface area contributed by atoms with Crippen LogP contribution in [-0.4, -0.2) is 47.4 Å². The highest BCUT2D eigenvalue weighted by Gasteiger charge is 2.20. The minimum absolute atomic E-state index is 0.00359. The van der Waals surface area contributed by atoms with Gasteiger partial charge in [-0.05, 0) is 51.4 Å². The van der Waals surface area contributed by atoms with E-state index in [2.05, 4.69) is 31.3 Å². The first kappa shape index (κ1) is 73.6. The third-order valence-corrected chi connectivity index (χ3v) is 16.3. The number of aliphatic hydroxyl groups is 2. The van der Waals surface area contributed by atoms with Crippen molar-refractivity contribution in [2.45, 2.75) is 405 Å². The highest BCUT2D eigenvalue weighted by Crippen LogP contribution is 2.19. The van der Waals surface area contributed by atoms with Gasteiger partial charge in [0.05, 0.1) is 25.4 Å². The second-order valence-corrected chi connectivity index (χ2v) is 23.9. The van der Waals surface area contributed by atoms with Gasteiger partial charge in [-0.1, -0.05) is 341 Å². The molecule has 6 nitrogen and oxygen atoms in total. The molecule has 1 amide bonds. The Morgan fingerprint density at radius 3 is 0.947 bits per heavy atom. The van der Waals surface area contributed by atoms with Crippen LogP contribution >= 0.6 is 0 Å². The van der Waals surface area contributed by atoms with Gasteiger partial charge in [-0.3, -0.25) is 9.59 Å². The van der Waals surface area contributed by atoms with Crippen molar-refractivity contribution in [2.75, 3.05) is 13.2 Å². The van der Waals surface area contributed by atoms with Crippen LogP contribution in [-0.2, 0) is 14.3 Å². The number of amides is 1. The lowest BCUT2D eigenvalue weighted by Gasteiger charge is -2.22. The minimum atomic E-state index is -0.669. The Hall–Kier alpha value is -1.40. The number of unbranched alkanes of at least 4 members (excludes halogenated alkanes) is 52. The molecule has 2 atom stereocenters. The molecule has 0 aromatic carbocycles. The quantitative estimate of drug-likeness (QED) is 0.0320. The fourth-order valence-electron chi connectivity index (χ4n) is 11.1. The van der Waals surface area contributed by atoms with Crippen molar-refractivity contribution in [1.29, 1.82) is 0 Å². The molecule has 0 aromatic heterocycles. The molecule has 0 spiro atoms. The fourth-order valence-corrected chi connectivity index (χ4v) is 11.1. The Labute approximate surface area is 469 Å². The predicted octanol–water partition coefficient (Wildman–Crippen LogP) is 22.0. The zero-order valence-electron chi connectivity index (χ0n) is 51.1. The van der Waals surface area contributed by atoms with Gasteiger partial charge in [-0.25, -0.2) is 0 Å². The molecular formula is C69H135NO5. The second-order valence-electron chi connectivity index (χ2n) is 23.9. The van der Waals surface area contributed by atoms with Crippen LogP contribution in [0.5, 0.6) is 0 Å². The van der Waals surface area contributed by atoms with E-state index in [9.17, 15) is 19.8 Å². The molecule has 0 bridgehead atoms. The molecule has 0 radical (unpaired) electrons. The van der Waals surface area contributed by atoms with Crippen LogP contribution in [0, 0.1) is 0 Å². The van der Waals surface area contributed by atoms with Gasteiger partial charge in [0, 0.05) is 12.8 Å². The number of carbonyl (C=O) groups is 2. The van der Waals surface area contributed by atoms with E-state index in [1.807, 2.05) is 0 Å². The molecule has 0 heterocycles. The smallest absolute Gasteiger partial charge is 0.305 e. The number of hydrogen-bond acceptors (Lipinski definition) is 5. The van der Waals surface area contributed by atoms with Crippen LogP contribution < -0.4 is 5.32 Å². The van der Waals surface area contributed by atoms with Crippen molar-refractivity contribution >= 4 is 11.9 Å². The lowest BCUT2D eigenvalue weighted by Crippen LogP contribution is -2.45. The first-order valence-corrected chi connectivity index (χ1v) is 34.4. The van der Waals surface area contributed by atoms with Crippen LogP contribution in [0.2, 0.25) is 0 Å². The van der Waals surface area contributed by atoms with Gasteiger partial charge < -0.3 is 20.3 Å². The summed E-state index contributed by atoms with van der Waals surface area (Å²) in [5.41, 5.74) is 0. The van der Waals surface area contributed by atoms with Gasteiger partial charge >= 0.3 is 5.97 Å². The van der Waals surface area contributed by atoms with Crippen molar-refractivity contribution in [3.05, 3.63) is 12.2 Å². The number of nitrogens with one attached hydrogen (secondary N) is 1. The van der Waals surface area contributed by atoms with E-state index in [1.54, 1.807) is 0 Å². The van der Waals surface area contributed by atoms with Gasteiger partial charge in [0.15, 0.2) is 0 Å². The largest absolute Gasteiger partial charge is 0.466 e. The van der Waals surface area contributed by atoms with E-state index in [4.69, 9.17) is 4.74 Å². The zero-order chi connectivity index (χ0) is 54.3. The molecule has 0 aliphatic rings. The highest BCUT2D eigenvalue weighted by atomic mass is 16.5. The SMILES string of the molecule is CCCCCCCC/C=C\CCCCCCCCCC(=O)OCCCCCCCCCCCCCCCCCCCC(=O)NC(CO)C(O)CCCCCCCCCCCCCCCCCCCCCCCCCC. The molecule has 0 aliphatic carbocycles. The first-order chi connectivity index (χ1) is 37.0. The van der Waals surface area contributed by atoms with Gasteiger partial charge in [0.1, 0.15) is 0 Å². The summed E-state index contributed by atoms with van der Waals surface area (Å²) >= 11 is 0. The van der Waals surface area contributed by atoms with E-state index in [1.165, 1.54) is 315 Å². The van der Waals surface area contributed by atoms with Gasteiger partial charge in [0.2, 0.25) is 5.91 Å². The molecular weight excluding hydrogens is 923 g/mol. The van der Waals surface area contributed by atoms with Crippen LogP contribution in [0.25, 0.3) is 0 Å². The number of rotatable bonds is 65. The van der Waals surface area contributed by atoms with E-state index in [0.29, 0.717) is 25.9 Å². The summed E-state index contributed by atoms with van der Waals surface area (Å²) in [6.07, 6.45) is 79.5. The molecule has 2 unspecified atom stereocenters. The lowest BCUT2D eigenvalue weighted by atomic mass is 10.0. The van der Waals surface area contributed by atoms with Crippen molar-refractivity contribution in [2.24, 2.45) is 0 Å². The maximum Gasteiger partial charge on any atom is 0.305 e. The summed E-state index contributed by atoms with van der Waals surface area (Å²) in [6, 6.07) is -0.547. The molecule has 6 heteroatoms. The van der Waals surface area contributed by atoms with E-state index < -0.39 is 12.1 Å². The first-order valence-electron chi connectivity index (χ1n) is 34.4. The molecule has 3 N–H and O–H groups in total. The summed E-state index contributed by atoms with van der Waals surface area (Å²) in [5.74, 6) is -0.0317. The standard InChI is InChI=1S/C69H135NO5/c1-3-5-7-9-11-13-15-17-19-21-22-23-24-25-26-27-30-33-37-41-45-49-53-57-61-67(72)66(65-71)70-68(73)62-58-54-50-46-42-38-34-31-28-32-36-40-44-48-52-56-60-64-75-69(74)63-59-55-51-47-43-39-35-29-20-18-16-14-12-10-8-6-4-2/h18,20,66-67,71-72H,3-17,19,21-65H2,1-2H3,(H,70,73)/b20-18-. The van der Waals surface area contributed by atoms with Crippen LogP contribution in [0.3, 0.4) is 0 Å². The number of hydrogen-bond donors (Lipinski definition) is 3.